The summed E-state index contributed by atoms with van der Waals surface area (Å²) in [7, 11) is 0. The largest absolute Gasteiger partial charge is 0.472 e. The van der Waals surface area contributed by atoms with E-state index in [2.05, 4.69) is 19.9 Å². The minimum atomic E-state index is -0.622. The highest BCUT2D eigenvalue weighted by Gasteiger charge is 2.28. The molecule has 0 saturated carbocycles. The Bertz CT molecular complexity index is 1260. The van der Waals surface area contributed by atoms with Crippen LogP contribution < -0.4 is 4.74 Å². The van der Waals surface area contributed by atoms with Gasteiger partial charge in [0, 0.05) is 50.6 Å². The van der Waals surface area contributed by atoms with Crippen LogP contribution in [-0.2, 0) is 6.54 Å². The molecule has 35 heavy (non-hydrogen) atoms. The summed E-state index contributed by atoms with van der Waals surface area (Å²) in [4.78, 5) is 9.16. The Balaban J connectivity index is 1.14. The highest BCUT2D eigenvalue weighted by Crippen LogP contribution is 2.27. The number of rotatable bonds is 8. The number of halogens is 1. The molecule has 2 aromatic carbocycles. The number of piperazine rings is 1. The highest BCUT2D eigenvalue weighted by molar-refractivity contribution is 7.18. The molecule has 3 heterocycles. The van der Waals surface area contributed by atoms with Gasteiger partial charge in [-0.3, -0.25) is 14.5 Å². The van der Waals surface area contributed by atoms with Crippen molar-refractivity contribution in [3.05, 3.63) is 65.7 Å². The molecule has 1 aliphatic rings. The van der Waals surface area contributed by atoms with E-state index in [0.717, 1.165) is 71.4 Å². The third-order valence-corrected chi connectivity index (χ3v) is 7.31. The van der Waals surface area contributed by atoms with Crippen LogP contribution in [0.25, 0.3) is 21.3 Å². The molecule has 7 nitrogen and oxygen atoms in total. The van der Waals surface area contributed by atoms with Gasteiger partial charge >= 0.3 is 0 Å². The highest BCUT2D eigenvalue weighted by atomic mass is 32.1. The number of hydrogen-bond donors (Lipinski definition) is 1. The number of aliphatic hydroxyl groups excluding tert-OH is 1. The molecule has 1 saturated heterocycles. The molecule has 0 amide bonds. The lowest BCUT2D eigenvalue weighted by Gasteiger charge is -2.40. The lowest BCUT2D eigenvalue weighted by atomic mass is 10.1. The zero-order valence-electron chi connectivity index (χ0n) is 20.0. The number of hydrogen-bond acceptors (Lipinski definition) is 7. The van der Waals surface area contributed by atoms with Crippen molar-refractivity contribution in [3.63, 3.8) is 0 Å². The van der Waals surface area contributed by atoms with Crippen molar-refractivity contribution in [2.24, 2.45) is 0 Å². The van der Waals surface area contributed by atoms with E-state index in [9.17, 15) is 9.50 Å². The van der Waals surface area contributed by atoms with Gasteiger partial charge in [0.15, 0.2) is 6.23 Å². The number of nitrogens with zero attached hydrogens (tertiary/aromatic N) is 5. The Morgan fingerprint density at radius 3 is 2.57 bits per heavy atom. The summed E-state index contributed by atoms with van der Waals surface area (Å²) in [5, 5.41) is 15.9. The molecule has 0 bridgehead atoms. The normalized spacial score (nSPS) is 17.0. The van der Waals surface area contributed by atoms with Gasteiger partial charge in [-0.2, -0.15) is 5.10 Å². The van der Waals surface area contributed by atoms with Crippen LogP contribution in [0.1, 0.15) is 11.9 Å². The number of ether oxygens (including phenoxy) is 1. The van der Waals surface area contributed by atoms with Gasteiger partial charge in [0.05, 0.1) is 28.0 Å². The van der Waals surface area contributed by atoms with E-state index >= 15 is 0 Å². The zero-order chi connectivity index (χ0) is 24.4. The fourth-order valence-electron chi connectivity index (χ4n) is 4.48. The molecule has 0 spiro atoms. The van der Waals surface area contributed by atoms with Gasteiger partial charge in [-0.15, -0.1) is 11.3 Å². The first kappa shape index (κ1) is 23.9. The second-order valence-electron chi connectivity index (χ2n) is 8.99. The minimum Gasteiger partial charge on any atom is -0.472 e. The van der Waals surface area contributed by atoms with Crippen LogP contribution in [-0.4, -0.2) is 74.7 Å². The number of aryl methyl sites for hydroxylation is 1. The van der Waals surface area contributed by atoms with E-state index in [1.165, 1.54) is 12.1 Å². The van der Waals surface area contributed by atoms with Crippen LogP contribution in [0.15, 0.2) is 54.9 Å². The summed E-state index contributed by atoms with van der Waals surface area (Å²) in [5.74, 6) is 0.492. The number of thiazole rings is 1. The number of fused-ring (bicyclic) bond motifs is 1. The SMILES string of the molecule is Cc1nc2cc(OC([C@@H](C)O)N3CCN(CCn4cc(-c5ccc(F)cc5)cn4)CC3)ccc2s1. The maximum absolute atomic E-state index is 13.2. The van der Waals surface area contributed by atoms with Crippen LogP contribution in [0.5, 0.6) is 5.75 Å². The predicted octanol–water partition coefficient (Wildman–Crippen LogP) is 4.01. The van der Waals surface area contributed by atoms with E-state index in [1.807, 2.05) is 42.2 Å². The second-order valence-corrected chi connectivity index (χ2v) is 10.2. The molecular formula is C26H30FN5O2S. The van der Waals surface area contributed by atoms with Gasteiger partial charge < -0.3 is 9.84 Å². The first-order valence-electron chi connectivity index (χ1n) is 11.9. The summed E-state index contributed by atoms with van der Waals surface area (Å²) < 4.78 is 22.5. The van der Waals surface area contributed by atoms with Crippen LogP contribution in [0.2, 0.25) is 0 Å². The Morgan fingerprint density at radius 2 is 1.83 bits per heavy atom. The Kier molecular flexibility index (Phi) is 7.10. The maximum Gasteiger partial charge on any atom is 0.178 e. The van der Waals surface area contributed by atoms with Crippen LogP contribution in [0.3, 0.4) is 0 Å². The summed E-state index contributed by atoms with van der Waals surface area (Å²) >= 11 is 1.67. The lowest BCUT2D eigenvalue weighted by Crippen LogP contribution is -2.55. The van der Waals surface area contributed by atoms with Gasteiger partial charge in [0.25, 0.3) is 0 Å². The van der Waals surface area contributed by atoms with E-state index in [-0.39, 0.29) is 5.82 Å². The molecule has 9 heteroatoms. The van der Waals surface area contributed by atoms with E-state index in [4.69, 9.17) is 4.74 Å². The lowest BCUT2D eigenvalue weighted by molar-refractivity contribution is -0.0746. The molecule has 1 N–H and O–H groups in total. The number of benzene rings is 2. The van der Waals surface area contributed by atoms with Crippen molar-refractivity contribution in [1.82, 2.24) is 24.6 Å². The van der Waals surface area contributed by atoms with Crippen LogP contribution in [0.4, 0.5) is 4.39 Å². The third-order valence-electron chi connectivity index (χ3n) is 6.36. The topological polar surface area (TPSA) is 66.7 Å². The Labute approximate surface area is 208 Å². The first-order chi connectivity index (χ1) is 16.9. The maximum atomic E-state index is 13.2. The molecule has 1 unspecified atom stereocenters. The van der Waals surface area contributed by atoms with Gasteiger partial charge in [-0.05, 0) is 43.7 Å². The van der Waals surface area contributed by atoms with E-state index in [0.29, 0.717) is 0 Å². The molecule has 5 rings (SSSR count). The van der Waals surface area contributed by atoms with Crippen molar-refractivity contribution in [2.75, 3.05) is 32.7 Å². The smallest absolute Gasteiger partial charge is 0.178 e. The molecule has 1 fully saturated rings. The average molecular weight is 496 g/mol. The summed E-state index contributed by atoms with van der Waals surface area (Å²) in [6.45, 7) is 8.86. The molecule has 4 aromatic rings. The Hall–Kier alpha value is -2.85. The van der Waals surface area contributed by atoms with E-state index in [1.54, 1.807) is 30.4 Å². The zero-order valence-corrected chi connectivity index (χ0v) is 20.8. The third kappa shape index (κ3) is 5.70. The average Bonchev–Trinajstić information content (AvgIpc) is 3.47. The molecular weight excluding hydrogens is 465 g/mol. The van der Waals surface area contributed by atoms with Crippen molar-refractivity contribution in [1.29, 1.82) is 0 Å². The summed E-state index contributed by atoms with van der Waals surface area (Å²) in [6.07, 6.45) is 2.80. The molecule has 184 valence electrons. The second kappa shape index (κ2) is 10.4. The number of aliphatic hydroxyl groups is 1. The number of aromatic nitrogens is 3. The van der Waals surface area contributed by atoms with Crippen LogP contribution in [0, 0.1) is 12.7 Å². The van der Waals surface area contributed by atoms with Gasteiger partial charge in [-0.1, -0.05) is 12.1 Å². The molecule has 1 aliphatic heterocycles. The fraction of sp³-hybridized carbons (Fsp3) is 0.385. The van der Waals surface area contributed by atoms with Crippen molar-refractivity contribution in [3.8, 4) is 16.9 Å². The van der Waals surface area contributed by atoms with Crippen LogP contribution >= 0.6 is 11.3 Å². The Morgan fingerprint density at radius 1 is 1.06 bits per heavy atom. The van der Waals surface area contributed by atoms with Crippen molar-refractivity contribution < 1.29 is 14.2 Å². The summed E-state index contributed by atoms with van der Waals surface area (Å²) in [6, 6.07) is 12.4. The van der Waals surface area contributed by atoms with Gasteiger partial charge in [0.2, 0.25) is 0 Å². The quantitative estimate of drug-likeness (QED) is 0.399. The van der Waals surface area contributed by atoms with Gasteiger partial charge in [-0.25, -0.2) is 9.37 Å². The molecule has 2 aromatic heterocycles. The summed E-state index contributed by atoms with van der Waals surface area (Å²) in [5.41, 5.74) is 2.87. The molecule has 2 atom stereocenters. The monoisotopic (exact) mass is 495 g/mol. The minimum absolute atomic E-state index is 0.237. The van der Waals surface area contributed by atoms with E-state index < -0.39 is 12.3 Å². The van der Waals surface area contributed by atoms with Crippen molar-refractivity contribution >= 4 is 21.6 Å². The first-order valence-corrected chi connectivity index (χ1v) is 12.7. The van der Waals surface area contributed by atoms with Crippen molar-refractivity contribution in [2.45, 2.75) is 32.7 Å². The van der Waals surface area contributed by atoms with Gasteiger partial charge in [0.1, 0.15) is 17.7 Å². The molecule has 0 aliphatic carbocycles. The fourth-order valence-corrected chi connectivity index (χ4v) is 5.28. The standard InChI is InChI=1S/C26H30FN5O2S/c1-18(33)26(34-23-7-8-25-24(15-23)29-19(2)35-25)31-12-9-30(10-13-31)11-14-32-17-21(16-28-32)20-3-5-22(27)6-4-20/h3-8,15-18,26,33H,9-14H2,1-2H3/t18-,26?/m1/s1. The molecule has 0 radical (unpaired) electrons. The predicted molar refractivity (Wildman–Crippen MR) is 136 cm³/mol.